The zero-order valence-electron chi connectivity index (χ0n) is 11.2. The van der Waals surface area contributed by atoms with E-state index in [0.29, 0.717) is 19.0 Å². The molecule has 5 nitrogen and oxygen atoms in total. The van der Waals surface area contributed by atoms with Gasteiger partial charge in [-0.2, -0.15) is 4.31 Å². The average Bonchev–Trinajstić information content (AvgIpc) is 2.39. The molecule has 0 aromatic heterocycles. The van der Waals surface area contributed by atoms with Crippen molar-refractivity contribution in [3.63, 3.8) is 0 Å². The summed E-state index contributed by atoms with van der Waals surface area (Å²) in [5, 5.41) is 0. The van der Waals surface area contributed by atoms with Gasteiger partial charge in [0.25, 0.3) is 0 Å². The van der Waals surface area contributed by atoms with Crippen LogP contribution < -0.4 is 5.73 Å². The zero-order valence-corrected chi connectivity index (χ0v) is 12.1. The lowest BCUT2D eigenvalue weighted by Crippen LogP contribution is -2.46. The van der Waals surface area contributed by atoms with Crippen LogP contribution in [0.5, 0.6) is 0 Å². The van der Waals surface area contributed by atoms with Crippen LogP contribution in [0.1, 0.15) is 13.3 Å². The van der Waals surface area contributed by atoms with E-state index < -0.39 is 10.0 Å². The minimum Gasteiger partial charge on any atom is -0.398 e. The largest absolute Gasteiger partial charge is 0.398 e. The van der Waals surface area contributed by atoms with Gasteiger partial charge in [-0.1, -0.05) is 19.1 Å². The molecular formula is C13H20N2O3S. The summed E-state index contributed by atoms with van der Waals surface area (Å²) in [5.74, 6) is 0.365. The quantitative estimate of drug-likeness (QED) is 0.850. The summed E-state index contributed by atoms with van der Waals surface area (Å²) in [6.45, 7) is 2.97. The number of methoxy groups -OCH3 is 1. The molecule has 0 amide bonds. The summed E-state index contributed by atoms with van der Waals surface area (Å²) in [6, 6.07) is 6.56. The number of para-hydroxylation sites is 1. The van der Waals surface area contributed by atoms with E-state index in [1.54, 1.807) is 31.4 Å². The Morgan fingerprint density at radius 1 is 1.37 bits per heavy atom. The fourth-order valence-corrected chi connectivity index (χ4v) is 3.97. The summed E-state index contributed by atoms with van der Waals surface area (Å²) >= 11 is 0. The third-order valence-electron chi connectivity index (χ3n) is 3.69. The molecule has 0 bridgehead atoms. The standard InChI is InChI=1S/C13H20N2O3S/c1-10-7-8-15(9-12(10)18-2)19(16,17)13-6-4-3-5-11(13)14/h3-6,10,12H,7-9,14H2,1-2H3. The molecule has 0 spiro atoms. The molecular weight excluding hydrogens is 264 g/mol. The first kappa shape index (κ1) is 14.3. The van der Waals surface area contributed by atoms with E-state index in [1.807, 2.05) is 0 Å². The first-order valence-electron chi connectivity index (χ1n) is 6.34. The van der Waals surface area contributed by atoms with E-state index in [1.165, 1.54) is 4.31 Å². The Kier molecular flexibility index (Phi) is 4.13. The summed E-state index contributed by atoms with van der Waals surface area (Å²) in [7, 11) is -1.91. The molecule has 1 heterocycles. The van der Waals surface area contributed by atoms with Crippen LogP contribution >= 0.6 is 0 Å². The Labute approximate surface area is 114 Å². The second-order valence-electron chi connectivity index (χ2n) is 4.94. The van der Waals surface area contributed by atoms with Crippen LogP contribution in [0.25, 0.3) is 0 Å². The summed E-state index contributed by atoms with van der Waals surface area (Å²) in [6.07, 6.45) is 0.734. The first-order valence-corrected chi connectivity index (χ1v) is 7.78. The number of piperidine rings is 1. The molecule has 2 atom stereocenters. The van der Waals surface area contributed by atoms with Crippen molar-refractivity contribution < 1.29 is 13.2 Å². The number of sulfonamides is 1. The van der Waals surface area contributed by atoms with Crippen molar-refractivity contribution >= 4 is 15.7 Å². The van der Waals surface area contributed by atoms with E-state index in [0.717, 1.165) is 6.42 Å². The normalized spacial score (nSPS) is 25.4. The van der Waals surface area contributed by atoms with Crippen molar-refractivity contribution in [2.75, 3.05) is 25.9 Å². The molecule has 2 N–H and O–H groups in total. The molecule has 2 unspecified atom stereocenters. The van der Waals surface area contributed by atoms with Gasteiger partial charge in [-0.15, -0.1) is 0 Å². The number of rotatable bonds is 3. The molecule has 106 valence electrons. The third-order valence-corrected chi connectivity index (χ3v) is 5.63. The SMILES string of the molecule is COC1CN(S(=O)(=O)c2ccccc2N)CCC1C. The molecule has 0 radical (unpaired) electrons. The highest BCUT2D eigenvalue weighted by Crippen LogP contribution is 2.27. The highest BCUT2D eigenvalue weighted by Gasteiger charge is 2.34. The molecule has 1 aliphatic rings. The van der Waals surface area contributed by atoms with Gasteiger partial charge < -0.3 is 10.5 Å². The van der Waals surface area contributed by atoms with Gasteiger partial charge in [0.05, 0.1) is 11.8 Å². The minimum absolute atomic E-state index is 0.0616. The lowest BCUT2D eigenvalue weighted by molar-refractivity contribution is 0.0184. The fourth-order valence-electron chi connectivity index (χ4n) is 2.39. The second kappa shape index (κ2) is 5.48. The number of nitrogens with two attached hydrogens (primary N) is 1. The van der Waals surface area contributed by atoms with E-state index in [-0.39, 0.29) is 16.7 Å². The van der Waals surface area contributed by atoms with Crippen LogP contribution in [0.3, 0.4) is 0 Å². The number of hydrogen-bond donors (Lipinski definition) is 1. The lowest BCUT2D eigenvalue weighted by Gasteiger charge is -2.35. The van der Waals surface area contributed by atoms with E-state index in [2.05, 4.69) is 6.92 Å². The van der Waals surface area contributed by atoms with Crippen LogP contribution in [0.15, 0.2) is 29.2 Å². The molecule has 1 fully saturated rings. The van der Waals surface area contributed by atoms with E-state index in [9.17, 15) is 8.42 Å². The minimum atomic E-state index is -3.53. The van der Waals surface area contributed by atoms with Crippen LogP contribution in [-0.2, 0) is 14.8 Å². The molecule has 0 aliphatic carbocycles. The number of benzene rings is 1. The Morgan fingerprint density at radius 2 is 2.05 bits per heavy atom. The topological polar surface area (TPSA) is 72.6 Å². The Balaban J connectivity index is 2.28. The average molecular weight is 284 g/mol. The Morgan fingerprint density at radius 3 is 2.68 bits per heavy atom. The van der Waals surface area contributed by atoms with Gasteiger partial charge in [-0.3, -0.25) is 0 Å². The van der Waals surface area contributed by atoms with Gasteiger partial charge in [0, 0.05) is 20.2 Å². The summed E-state index contributed by atoms with van der Waals surface area (Å²) in [5.41, 5.74) is 6.06. The number of nitrogens with zero attached hydrogens (tertiary/aromatic N) is 1. The molecule has 6 heteroatoms. The molecule has 1 aromatic carbocycles. The van der Waals surface area contributed by atoms with Gasteiger partial charge in [-0.25, -0.2) is 8.42 Å². The van der Waals surface area contributed by atoms with Crippen LogP contribution in [0.2, 0.25) is 0 Å². The summed E-state index contributed by atoms with van der Waals surface area (Å²) in [4.78, 5) is 0.180. The van der Waals surface area contributed by atoms with Crippen molar-refractivity contribution in [2.45, 2.75) is 24.3 Å². The predicted molar refractivity (Wildman–Crippen MR) is 74.2 cm³/mol. The summed E-state index contributed by atoms with van der Waals surface area (Å²) < 4.78 is 32.0. The highest BCUT2D eigenvalue weighted by atomic mass is 32.2. The molecule has 19 heavy (non-hydrogen) atoms. The van der Waals surface area contributed by atoms with Crippen LogP contribution in [0, 0.1) is 5.92 Å². The molecule has 2 rings (SSSR count). The third kappa shape index (κ3) is 2.75. The van der Waals surface area contributed by atoms with Gasteiger partial charge in [0.15, 0.2) is 0 Å². The molecule has 0 saturated carbocycles. The predicted octanol–water partition coefficient (Wildman–Crippen LogP) is 1.31. The van der Waals surface area contributed by atoms with Crippen molar-refractivity contribution in [3.05, 3.63) is 24.3 Å². The maximum Gasteiger partial charge on any atom is 0.245 e. The van der Waals surface area contributed by atoms with Crippen molar-refractivity contribution in [3.8, 4) is 0 Å². The smallest absolute Gasteiger partial charge is 0.245 e. The first-order chi connectivity index (χ1) is 8.96. The lowest BCUT2D eigenvalue weighted by atomic mass is 9.97. The van der Waals surface area contributed by atoms with Gasteiger partial charge in [0.1, 0.15) is 4.90 Å². The number of anilines is 1. The van der Waals surface area contributed by atoms with Gasteiger partial charge in [-0.05, 0) is 24.5 Å². The number of nitrogen functional groups attached to an aromatic ring is 1. The number of ether oxygens (including phenoxy) is 1. The maximum absolute atomic E-state index is 12.6. The fraction of sp³-hybridized carbons (Fsp3) is 0.538. The molecule has 1 aromatic rings. The van der Waals surface area contributed by atoms with Crippen molar-refractivity contribution in [2.24, 2.45) is 5.92 Å². The monoisotopic (exact) mass is 284 g/mol. The maximum atomic E-state index is 12.6. The second-order valence-corrected chi connectivity index (χ2v) is 6.85. The molecule has 1 saturated heterocycles. The Bertz CT molecular complexity index is 545. The van der Waals surface area contributed by atoms with E-state index in [4.69, 9.17) is 10.5 Å². The van der Waals surface area contributed by atoms with Crippen molar-refractivity contribution in [1.29, 1.82) is 0 Å². The van der Waals surface area contributed by atoms with Gasteiger partial charge in [0.2, 0.25) is 10.0 Å². The van der Waals surface area contributed by atoms with Gasteiger partial charge >= 0.3 is 0 Å². The van der Waals surface area contributed by atoms with Crippen LogP contribution in [0.4, 0.5) is 5.69 Å². The number of hydrogen-bond acceptors (Lipinski definition) is 4. The van der Waals surface area contributed by atoms with Crippen LogP contribution in [-0.4, -0.2) is 39.0 Å². The molecule has 1 aliphatic heterocycles. The van der Waals surface area contributed by atoms with Crippen molar-refractivity contribution in [1.82, 2.24) is 4.31 Å². The van der Waals surface area contributed by atoms with E-state index >= 15 is 0 Å². The highest BCUT2D eigenvalue weighted by molar-refractivity contribution is 7.89. The Hall–Kier alpha value is -1.11. The zero-order chi connectivity index (χ0) is 14.0.